The first-order chi connectivity index (χ1) is 9.70. The van der Waals surface area contributed by atoms with Gasteiger partial charge in [-0.25, -0.2) is 4.79 Å². The van der Waals surface area contributed by atoms with E-state index in [2.05, 4.69) is 20.8 Å². The molecule has 20 heavy (non-hydrogen) atoms. The van der Waals surface area contributed by atoms with Crippen LogP contribution >= 0.6 is 0 Å². The number of nitrogens with one attached hydrogen (secondary N) is 3. The molecular weight excluding hydrogens is 256 g/mol. The highest BCUT2D eigenvalue weighted by molar-refractivity contribution is 5.74. The van der Waals surface area contributed by atoms with Gasteiger partial charge in [-0.05, 0) is 12.5 Å². The number of hydrogen-bond donors (Lipinski definition) is 4. The van der Waals surface area contributed by atoms with Crippen molar-refractivity contribution >= 4 is 6.03 Å². The first kappa shape index (κ1) is 14.1. The molecule has 0 aliphatic heterocycles. The SMILES string of the molecule is Cc1[nH]ncc1CNC(=O)NC(CO)c1ccccc1. The number of urea groups is 1. The standard InChI is InChI=1S/C14H18N4O2/c1-10-12(8-16-18-10)7-15-14(20)17-13(9-19)11-5-3-2-4-6-11/h2-6,8,13,19H,7,9H2,1H3,(H,16,18)(H2,15,17,20). The van der Waals surface area contributed by atoms with E-state index in [4.69, 9.17) is 0 Å². The van der Waals surface area contributed by atoms with Crippen molar-refractivity contribution in [1.29, 1.82) is 0 Å². The summed E-state index contributed by atoms with van der Waals surface area (Å²) in [6, 6.07) is 8.61. The van der Waals surface area contributed by atoms with Gasteiger partial charge in [0.2, 0.25) is 0 Å². The lowest BCUT2D eigenvalue weighted by atomic mass is 10.1. The fraction of sp³-hybridized carbons (Fsp3) is 0.286. The fourth-order valence-corrected chi connectivity index (χ4v) is 1.86. The maximum Gasteiger partial charge on any atom is 0.315 e. The molecule has 0 spiro atoms. The molecule has 4 N–H and O–H groups in total. The number of carbonyl (C=O) groups excluding carboxylic acids is 1. The molecule has 2 aromatic rings. The van der Waals surface area contributed by atoms with Gasteiger partial charge in [0.1, 0.15) is 0 Å². The summed E-state index contributed by atoms with van der Waals surface area (Å²) in [4.78, 5) is 11.8. The lowest BCUT2D eigenvalue weighted by Crippen LogP contribution is -2.38. The quantitative estimate of drug-likeness (QED) is 0.661. The lowest BCUT2D eigenvalue weighted by Gasteiger charge is -2.17. The van der Waals surface area contributed by atoms with Crippen LogP contribution in [0.1, 0.15) is 22.9 Å². The molecule has 1 aromatic carbocycles. The van der Waals surface area contributed by atoms with E-state index in [0.29, 0.717) is 6.54 Å². The second-order valence-electron chi connectivity index (χ2n) is 4.49. The number of H-pyrrole nitrogens is 1. The Morgan fingerprint density at radius 3 is 2.75 bits per heavy atom. The predicted octanol–water partition coefficient (Wildman–Crippen LogP) is 1.25. The van der Waals surface area contributed by atoms with Crippen LogP contribution < -0.4 is 10.6 Å². The van der Waals surface area contributed by atoms with Crippen LogP contribution in [-0.2, 0) is 6.54 Å². The first-order valence-corrected chi connectivity index (χ1v) is 6.39. The van der Waals surface area contributed by atoms with Crippen LogP contribution in [0.3, 0.4) is 0 Å². The van der Waals surface area contributed by atoms with Gasteiger partial charge in [-0.15, -0.1) is 0 Å². The van der Waals surface area contributed by atoms with Gasteiger partial charge >= 0.3 is 6.03 Å². The number of benzene rings is 1. The topological polar surface area (TPSA) is 90.0 Å². The highest BCUT2D eigenvalue weighted by Gasteiger charge is 2.13. The van der Waals surface area contributed by atoms with Crippen molar-refractivity contribution < 1.29 is 9.90 Å². The van der Waals surface area contributed by atoms with E-state index in [-0.39, 0.29) is 12.6 Å². The lowest BCUT2D eigenvalue weighted by molar-refractivity contribution is 0.216. The predicted molar refractivity (Wildman–Crippen MR) is 75.0 cm³/mol. The molecular formula is C14H18N4O2. The molecule has 6 nitrogen and oxygen atoms in total. The van der Waals surface area contributed by atoms with Gasteiger partial charge in [0.05, 0.1) is 18.8 Å². The Morgan fingerprint density at radius 1 is 1.40 bits per heavy atom. The molecule has 0 fully saturated rings. The van der Waals surface area contributed by atoms with E-state index >= 15 is 0 Å². The highest BCUT2D eigenvalue weighted by Crippen LogP contribution is 2.11. The number of aliphatic hydroxyl groups is 1. The van der Waals surface area contributed by atoms with E-state index in [9.17, 15) is 9.90 Å². The van der Waals surface area contributed by atoms with Crippen LogP contribution in [0.25, 0.3) is 0 Å². The van der Waals surface area contributed by atoms with E-state index in [0.717, 1.165) is 16.8 Å². The average Bonchev–Trinajstić information content (AvgIpc) is 2.89. The van der Waals surface area contributed by atoms with Gasteiger partial charge in [0.25, 0.3) is 0 Å². The number of aromatic nitrogens is 2. The van der Waals surface area contributed by atoms with Crippen molar-refractivity contribution in [1.82, 2.24) is 20.8 Å². The van der Waals surface area contributed by atoms with Crippen LogP contribution in [0, 0.1) is 6.92 Å². The molecule has 0 aliphatic carbocycles. The number of aryl methyl sites for hydroxylation is 1. The number of hydrogen-bond acceptors (Lipinski definition) is 3. The van der Waals surface area contributed by atoms with Gasteiger partial charge < -0.3 is 15.7 Å². The van der Waals surface area contributed by atoms with Crippen molar-refractivity contribution in [3.8, 4) is 0 Å². The minimum absolute atomic E-state index is 0.151. The highest BCUT2D eigenvalue weighted by atomic mass is 16.3. The van der Waals surface area contributed by atoms with Crippen LogP contribution in [0.15, 0.2) is 36.5 Å². The minimum atomic E-state index is -0.415. The summed E-state index contributed by atoms with van der Waals surface area (Å²) >= 11 is 0. The van der Waals surface area contributed by atoms with Crippen LogP contribution in [0.2, 0.25) is 0 Å². The zero-order chi connectivity index (χ0) is 14.4. The molecule has 6 heteroatoms. The fourth-order valence-electron chi connectivity index (χ4n) is 1.86. The van der Waals surface area contributed by atoms with Crippen molar-refractivity contribution in [3.05, 3.63) is 53.3 Å². The van der Waals surface area contributed by atoms with E-state index in [1.165, 1.54) is 0 Å². The van der Waals surface area contributed by atoms with Crippen molar-refractivity contribution in [2.24, 2.45) is 0 Å². The molecule has 2 rings (SSSR count). The molecule has 0 bridgehead atoms. The smallest absolute Gasteiger partial charge is 0.315 e. The van der Waals surface area contributed by atoms with E-state index in [1.807, 2.05) is 37.3 Å². The maximum absolute atomic E-state index is 11.8. The number of aromatic amines is 1. The first-order valence-electron chi connectivity index (χ1n) is 6.39. The number of nitrogens with zero attached hydrogens (tertiary/aromatic N) is 1. The molecule has 2 amide bonds. The third kappa shape index (κ3) is 3.58. The van der Waals surface area contributed by atoms with Gasteiger partial charge in [0, 0.05) is 17.8 Å². The minimum Gasteiger partial charge on any atom is -0.394 e. The monoisotopic (exact) mass is 274 g/mol. The van der Waals surface area contributed by atoms with Crippen LogP contribution in [0.5, 0.6) is 0 Å². The number of carbonyl (C=O) groups is 1. The summed E-state index contributed by atoms with van der Waals surface area (Å²) < 4.78 is 0. The summed E-state index contributed by atoms with van der Waals surface area (Å²) in [6.45, 7) is 2.13. The zero-order valence-electron chi connectivity index (χ0n) is 11.3. The van der Waals surface area contributed by atoms with Gasteiger partial charge in [-0.1, -0.05) is 30.3 Å². The largest absolute Gasteiger partial charge is 0.394 e. The normalized spacial score (nSPS) is 11.9. The summed E-state index contributed by atoms with van der Waals surface area (Å²) in [7, 11) is 0. The Hall–Kier alpha value is -2.34. The number of aliphatic hydroxyl groups excluding tert-OH is 1. The molecule has 0 aliphatic rings. The zero-order valence-corrected chi connectivity index (χ0v) is 11.3. The molecule has 1 heterocycles. The van der Waals surface area contributed by atoms with E-state index < -0.39 is 6.04 Å². The molecule has 0 saturated carbocycles. The van der Waals surface area contributed by atoms with E-state index in [1.54, 1.807) is 6.20 Å². The Bertz CT molecular complexity index is 553. The Labute approximate surface area is 117 Å². The molecule has 1 atom stereocenters. The Morgan fingerprint density at radius 2 is 2.15 bits per heavy atom. The van der Waals surface area contributed by atoms with Crippen molar-refractivity contribution in [2.45, 2.75) is 19.5 Å². The third-order valence-corrected chi connectivity index (χ3v) is 3.06. The maximum atomic E-state index is 11.8. The van der Waals surface area contributed by atoms with Gasteiger partial charge in [0.15, 0.2) is 0 Å². The molecule has 1 aromatic heterocycles. The third-order valence-electron chi connectivity index (χ3n) is 3.06. The Balaban J connectivity index is 1.88. The van der Waals surface area contributed by atoms with Gasteiger partial charge in [-0.3, -0.25) is 5.10 Å². The van der Waals surface area contributed by atoms with Gasteiger partial charge in [-0.2, -0.15) is 5.10 Å². The van der Waals surface area contributed by atoms with Crippen LogP contribution in [0.4, 0.5) is 4.79 Å². The van der Waals surface area contributed by atoms with Crippen LogP contribution in [-0.4, -0.2) is 27.9 Å². The summed E-state index contributed by atoms with van der Waals surface area (Å²) in [5.41, 5.74) is 2.72. The second-order valence-corrected chi connectivity index (χ2v) is 4.49. The van der Waals surface area contributed by atoms with Crippen molar-refractivity contribution in [3.63, 3.8) is 0 Å². The molecule has 0 radical (unpaired) electrons. The number of amides is 2. The molecule has 0 saturated heterocycles. The number of rotatable bonds is 5. The second kappa shape index (κ2) is 6.72. The summed E-state index contributed by atoms with van der Waals surface area (Å²) in [5, 5.41) is 21.5. The summed E-state index contributed by atoms with van der Waals surface area (Å²) in [5.74, 6) is 0. The molecule has 106 valence electrons. The Kier molecular flexibility index (Phi) is 4.73. The molecule has 1 unspecified atom stereocenters. The average molecular weight is 274 g/mol. The van der Waals surface area contributed by atoms with Crippen molar-refractivity contribution in [2.75, 3.05) is 6.61 Å². The summed E-state index contributed by atoms with van der Waals surface area (Å²) in [6.07, 6.45) is 1.68.